The molecule has 0 saturated carbocycles. The third-order valence-electron chi connectivity index (χ3n) is 1.76. The molecule has 9 nitrogen and oxygen atoms in total. The van der Waals surface area contributed by atoms with E-state index >= 15 is 0 Å². The molecule has 0 aliphatic rings. The van der Waals surface area contributed by atoms with Gasteiger partial charge in [0.1, 0.15) is 12.4 Å². The van der Waals surface area contributed by atoms with E-state index in [0.717, 1.165) is 6.20 Å². The Balaban J connectivity index is 2.75. The molecule has 2 amide bonds. The van der Waals surface area contributed by atoms with Gasteiger partial charge in [0.05, 0.1) is 7.05 Å². The van der Waals surface area contributed by atoms with Gasteiger partial charge in [-0.3, -0.25) is 0 Å². The largest absolute Gasteiger partial charge is 0.358 e. The molecular formula is C7H10N6O3. The van der Waals surface area contributed by atoms with E-state index in [1.54, 1.807) is 0 Å². The molecule has 2 N–H and O–H groups in total. The Kier molecular flexibility index (Phi) is 3.53. The summed E-state index contributed by atoms with van der Waals surface area (Å²) < 4.78 is 1.25. The van der Waals surface area contributed by atoms with Crippen LogP contribution >= 0.6 is 0 Å². The van der Waals surface area contributed by atoms with Crippen LogP contribution in [0.2, 0.25) is 0 Å². The molecule has 86 valence electrons. The Morgan fingerprint density at radius 3 is 2.94 bits per heavy atom. The highest BCUT2D eigenvalue weighted by Gasteiger charge is 2.14. The molecule has 0 fully saturated rings. The molecule has 0 spiro atoms. The molecule has 0 aromatic carbocycles. The van der Waals surface area contributed by atoms with Gasteiger partial charge in [-0.1, -0.05) is 0 Å². The minimum atomic E-state index is -0.559. The van der Waals surface area contributed by atoms with Crippen molar-refractivity contribution in [3.63, 3.8) is 0 Å². The molecule has 0 aliphatic heterocycles. The standard InChI is InChI=1S/C7H10N6O3/c1-8-7(14)11-10-3-5-9-4-6(12(5)2)13(15)16/h3-4H,1-2H3,(H2,8,11,14)/b10-3+. The highest BCUT2D eigenvalue weighted by Crippen LogP contribution is 2.09. The predicted octanol–water partition coefficient (Wildman–Crippen LogP) is -0.409. The number of hydrazone groups is 1. The zero-order valence-electron chi connectivity index (χ0n) is 8.67. The van der Waals surface area contributed by atoms with E-state index in [2.05, 4.69) is 20.8 Å². The maximum atomic E-state index is 10.7. The van der Waals surface area contributed by atoms with Crippen molar-refractivity contribution in [2.45, 2.75) is 0 Å². The lowest BCUT2D eigenvalue weighted by Gasteiger charge is -1.95. The van der Waals surface area contributed by atoms with Crippen LogP contribution in [0.3, 0.4) is 0 Å². The highest BCUT2D eigenvalue weighted by atomic mass is 16.6. The molecule has 16 heavy (non-hydrogen) atoms. The van der Waals surface area contributed by atoms with Crippen LogP contribution in [0, 0.1) is 10.1 Å². The van der Waals surface area contributed by atoms with Gasteiger partial charge in [0.2, 0.25) is 5.82 Å². The Bertz CT molecular complexity index is 437. The number of nitro groups is 1. The van der Waals surface area contributed by atoms with Crippen molar-refractivity contribution in [3.05, 3.63) is 22.1 Å². The van der Waals surface area contributed by atoms with E-state index in [9.17, 15) is 14.9 Å². The van der Waals surface area contributed by atoms with Gasteiger partial charge < -0.3 is 15.4 Å². The summed E-state index contributed by atoms with van der Waals surface area (Å²) in [5.74, 6) is 0.115. The average Bonchev–Trinajstić information content (AvgIpc) is 2.60. The molecule has 1 aromatic heterocycles. The number of imidazole rings is 1. The monoisotopic (exact) mass is 226 g/mol. The number of urea groups is 1. The van der Waals surface area contributed by atoms with E-state index in [4.69, 9.17) is 0 Å². The predicted molar refractivity (Wildman–Crippen MR) is 55.0 cm³/mol. The van der Waals surface area contributed by atoms with Gasteiger partial charge in [0.15, 0.2) is 0 Å². The first kappa shape index (κ1) is 11.6. The maximum absolute atomic E-state index is 10.7. The lowest BCUT2D eigenvalue weighted by molar-refractivity contribution is -0.391. The van der Waals surface area contributed by atoms with Gasteiger partial charge in [-0.05, 0) is 4.92 Å². The van der Waals surface area contributed by atoms with Crippen LogP contribution in [0.15, 0.2) is 11.3 Å². The van der Waals surface area contributed by atoms with Crippen molar-refractivity contribution in [1.29, 1.82) is 0 Å². The highest BCUT2D eigenvalue weighted by molar-refractivity contribution is 5.79. The summed E-state index contributed by atoms with van der Waals surface area (Å²) in [6.45, 7) is 0. The number of aromatic nitrogens is 2. The summed E-state index contributed by atoms with van der Waals surface area (Å²) in [6, 6.07) is -0.486. The summed E-state index contributed by atoms with van der Waals surface area (Å²) in [7, 11) is 2.92. The Morgan fingerprint density at radius 2 is 2.44 bits per heavy atom. The van der Waals surface area contributed by atoms with Gasteiger partial charge in [0.25, 0.3) is 0 Å². The van der Waals surface area contributed by atoms with Crippen LogP contribution in [0.4, 0.5) is 10.6 Å². The van der Waals surface area contributed by atoms with Crippen LogP contribution < -0.4 is 10.7 Å². The third-order valence-corrected chi connectivity index (χ3v) is 1.76. The molecule has 1 rings (SSSR count). The lowest BCUT2D eigenvalue weighted by atomic mass is 10.6. The molecule has 0 saturated heterocycles. The minimum absolute atomic E-state index is 0.151. The van der Waals surface area contributed by atoms with Crippen LogP contribution in [-0.2, 0) is 7.05 Å². The summed E-state index contributed by atoms with van der Waals surface area (Å²) >= 11 is 0. The summed E-state index contributed by atoms with van der Waals surface area (Å²) in [5, 5.41) is 16.3. The first-order valence-corrected chi connectivity index (χ1v) is 4.23. The van der Waals surface area contributed by atoms with Gasteiger partial charge in [-0.25, -0.2) is 19.8 Å². The smallest absolute Gasteiger partial charge is 0.342 e. The van der Waals surface area contributed by atoms with Crippen molar-refractivity contribution in [2.75, 3.05) is 7.05 Å². The second-order valence-corrected chi connectivity index (χ2v) is 2.74. The van der Waals surface area contributed by atoms with Gasteiger partial charge in [-0.15, -0.1) is 0 Å². The SMILES string of the molecule is CNC(=O)N/N=C/c1ncc([N+](=O)[O-])n1C. The number of carbonyl (C=O) groups is 1. The number of hydrogen-bond acceptors (Lipinski definition) is 5. The fraction of sp³-hybridized carbons (Fsp3) is 0.286. The number of amides is 2. The molecule has 0 unspecified atom stereocenters. The van der Waals surface area contributed by atoms with E-state index in [0.29, 0.717) is 0 Å². The number of nitrogens with zero attached hydrogens (tertiary/aromatic N) is 4. The Labute approximate surface area is 90.3 Å². The molecular weight excluding hydrogens is 216 g/mol. The van der Waals surface area contributed by atoms with Crippen molar-refractivity contribution in [1.82, 2.24) is 20.3 Å². The van der Waals surface area contributed by atoms with Crippen LogP contribution in [0.1, 0.15) is 5.82 Å². The van der Waals surface area contributed by atoms with Gasteiger partial charge in [0, 0.05) is 7.05 Å². The fourth-order valence-electron chi connectivity index (χ4n) is 0.909. The molecule has 1 aromatic rings. The van der Waals surface area contributed by atoms with Crippen LogP contribution in [0.25, 0.3) is 0 Å². The van der Waals surface area contributed by atoms with Crippen molar-refractivity contribution in [3.8, 4) is 0 Å². The number of nitrogens with one attached hydrogen (secondary N) is 2. The Hall–Kier alpha value is -2.45. The summed E-state index contributed by atoms with van der Waals surface area (Å²) in [5.41, 5.74) is 2.14. The van der Waals surface area contributed by atoms with Gasteiger partial charge in [-0.2, -0.15) is 5.10 Å². The van der Waals surface area contributed by atoms with E-state index < -0.39 is 11.0 Å². The summed E-state index contributed by atoms with van der Waals surface area (Å²) in [6.07, 6.45) is 2.32. The number of rotatable bonds is 3. The molecule has 0 bridgehead atoms. The van der Waals surface area contributed by atoms with E-state index in [1.807, 2.05) is 0 Å². The molecule has 0 atom stereocenters. The molecule has 0 aliphatic carbocycles. The topological polar surface area (TPSA) is 114 Å². The second kappa shape index (κ2) is 4.87. The number of carbonyl (C=O) groups excluding carboxylic acids is 1. The van der Waals surface area contributed by atoms with Crippen molar-refractivity contribution < 1.29 is 9.72 Å². The van der Waals surface area contributed by atoms with Crippen LogP contribution in [0.5, 0.6) is 0 Å². The first-order valence-electron chi connectivity index (χ1n) is 4.23. The van der Waals surface area contributed by atoms with Crippen molar-refractivity contribution in [2.24, 2.45) is 12.1 Å². The zero-order chi connectivity index (χ0) is 12.1. The summed E-state index contributed by atoms with van der Waals surface area (Å²) in [4.78, 5) is 24.4. The van der Waals surface area contributed by atoms with Crippen molar-refractivity contribution >= 4 is 18.1 Å². The first-order chi connectivity index (χ1) is 7.56. The maximum Gasteiger partial charge on any atom is 0.342 e. The minimum Gasteiger partial charge on any atom is -0.358 e. The number of hydrogen-bond donors (Lipinski definition) is 2. The molecule has 0 radical (unpaired) electrons. The Morgan fingerprint density at radius 1 is 1.75 bits per heavy atom. The van der Waals surface area contributed by atoms with Crippen LogP contribution in [-0.4, -0.2) is 33.8 Å². The third kappa shape index (κ3) is 2.53. The second-order valence-electron chi connectivity index (χ2n) is 2.74. The average molecular weight is 226 g/mol. The van der Waals surface area contributed by atoms with Gasteiger partial charge >= 0.3 is 11.8 Å². The fourth-order valence-corrected chi connectivity index (χ4v) is 0.909. The molecule has 1 heterocycles. The lowest BCUT2D eigenvalue weighted by Crippen LogP contribution is -2.28. The van der Waals surface area contributed by atoms with E-state index in [1.165, 1.54) is 24.9 Å². The normalized spacial score (nSPS) is 10.4. The van der Waals surface area contributed by atoms with E-state index in [-0.39, 0.29) is 11.6 Å². The zero-order valence-corrected chi connectivity index (χ0v) is 8.67. The quantitative estimate of drug-likeness (QED) is 0.414. The molecule has 9 heteroatoms.